The van der Waals surface area contributed by atoms with Crippen molar-refractivity contribution in [2.75, 3.05) is 13.1 Å². The molecule has 0 bridgehead atoms. The van der Waals surface area contributed by atoms with Crippen LogP contribution in [0.25, 0.3) is 5.65 Å². The van der Waals surface area contributed by atoms with Gasteiger partial charge in [0.1, 0.15) is 5.65 Å². The summed E-state index contributed by atoms with van der Waals surface area (Å²) in [5.41, 5.74) is 2.70. The van der Waals surface area contributed by atoms with E-state index in [1.807, 2.05) is 17.0 Å². The van der Waals surface area contributed by atoms with Gasteiger partial charge >= 0.3 is 0 Å². The second kappa shape index (κ2) is 4.33. The number of hydrogen-bond acceptors (Lipinski definition) is 2. The maximum atomic E-state index is 10.7. The van der Waals surface area contributed by atoms with Gasteiger partial charge in [-0.15, -0.1) is 0 Å². The maximum absolute atomic E-state index is 10.7. The molecule has 1 amide bonds. The minimum Gasteiger partial charge on any atom is -0.344 e. The van der Waals surface area contributed by atoms with Crippen LogP contribution in [0, 0.1) is 5.41 Å². The number of hydrogen-bond donors (Lipinski definition) is 0. The van der Waals surface area contributed by atoms with Crippen LogP contribution in [0.2, 0.25) is 0 Å². The van der Waals surface area contributed by atoms with Gasteiger partial charge in [0.25, 0.3) is 0 Å². The van der Waals surface area contributed by atoms with Crippen molar-refractivity contribution in [1.82, 2.24) is 14.3 Å². The van der Waals surface area contributed by atoms with Crippen molar-refractivity contribution >= 4 is 12.1 Å². The number of carbonyl (C=O) groups is 1. The minimum absolute atomic E-state index is 0.427. The molecule has 2 aromatic heterocycles. The van der Waals surface area contributed by atoms with Gasteiger partial charge in [-0.05, 0) is 37.8 Å². The molecule has 2 aliphatic rings. The van der Waals surface area contributed by atoms with E-state index in [2.05, 4.69) is 22.9 Å². The Labute approximate surface area is 118 Å². The number of fused-ring (bicyclic) bond motifs is 1. The van der Waals surface area contributed by atoms with Crippen molar-refractivity contribution in [3.8, 4) is 0 Å². The quantitative estimate of drug-likeness (QED) is 0.785. The van der Waals surface area contributed by atoms with Crippen LogP contribution >= 0.6 is 0 Å². The van der Waals surface area contributed by atoms with E-state index < -0.39 is 0 Å². The molecule has 104 valence electrons. The Bertz CT molecular complexity index is 599. The molecule has 0 radical (unpaired) electrons. The Morgan fingerprint density at radius 1 is 1.25 bits per heavy atom. The first kappa shape index (κ1) is 11.9. The zero-order valence-corrected chi connectivity index (χ0v) is 11.5. The van der Waals surface area contributed by atoms with E-state index in [1.54, 1.807) is 0 Å². The summed E-state index contributed by atoms with van der Waals surface area (Å²) < 4.78 is 2.11. The van der Waals surface area contributed by atoms with E-state index in [1.165, 1.54) is 31.4 Å². The summed E-state index contributed by atoms with van der Waals surface area (Å²) >= 11 is 0. The Balaban J connectivity index is 1.48. The van der Waals surface area contributed by atoms with Gasteiger partial charge in [-0.2, -0.15) is 0 Å². The van der Waals surface area contributed by atoms with Crippen LogP contribution in [0.15, 0.2) is 30.6 Å². The molecule has 4 rings (SSSR count). The van der Waals surface area contributed by atoms with Crippen molar-refractivity contribution in [2.24, 2.45) is 5.41 Å². The van der Waals surface area contributed by atoms with Crippen LogP contribution in [0.3, 0.4) is 0 Å². The monoisotopic (exact) mass is 269 g/mol. The van der Waals surface area contributed by atoms with Crippen LogP contribution in [0.1, 0.15) is 37.3 Å². The Hall–Kier alpha value is -1.84. The van der Waals surface area contributed by atoms with Crippen molar-refractivity contribution in [3.05, 3.63) is 36.3 Å². The molecule has 4 nitrogen and oxygen atoms in total. The molecular weight excluding hydrogens is 250 g/mol. The Morgan fingerprint density at radius 2 is 2.05 bits per heavy atom. The Morgan fingerprint density at radius 3 is 2.75 bits per heavy atom. The van der Waals surface area contributed by atoms with Gasteiger partial charge in [0.2, 0.25) is 6.41 Å². The average Bonchev–Trinajstić information content (AvgIpc) is 2.88. The van der Waals surface area contributed by atoms with E-state index in [9.17, 15) is 4.79 Å². The minimum atomic E-state index is 0.427. The zero-order chi connectivity index (χ0) is 13.6. The summed E-state index contributed by atoms with van der Waals surface area (Å²) in [6.45, 7) is 1.93. The van der Waals surface area contributed by atoms with Crippen molar-refractivity contribution in [2.45, 2.75) is 31.6 Å². The summed E-state index contributed by atoms with van der Waals surface area (Å²) in [5, 5.41) is 0. The van der Waals surface area contributed by atoms with Gasteiger partial charge in [0.15, 0.2) is 0 Å². The molecule has 4 heteroatoms. The fourth-order valence-electron chi connectivity index (χ4n) is 3.88. The van der Waals surface area contributed by atoms with Gasteiger partial charge in [0, 0.05) is 36.8 Å². The molecule has 1 spiro atoms. The molecule has 1 saturated carbocycles. The van der Waals surface area contributed by atoms with Crippen molar-refractivity contribution in [3.63, 3.8) is 0 Å². The van der Waals surface area contributed by atoms with E-state index >= 15 is 0 Å². The van der Waals surface area contributed by atoms with Crippen LogP contribution in [0.5, 0.6) is 0 Å². The lowest BCUT2D eigenvalue weighted by atomic mass is 9.65. The lowest BCUT2D eigenvalue weighted by Crippen LogP contribution is -2.56. The molecular formula is C16H19N3O. The number of pyridine rings is 1. The van der Waals surface area contributed by atoms with Gasteiger partial charge in [0.05, 0.1) is 5.69 Å². The van der Waals surface area contributed by atoms with Gasteiger partial charge in [-0.25, -0.2) is 4.98 Å². The molecule has 1 aliphatic heterocycles. The summed E-state index contributed by atoms with van der Waals surface area (Å²) in [6, 6.07) is 6.13. The number of likely N-dealkylation sites (tertiary alicyclic amines) is 1. The van der Waals surface area contributed by atoms with E-state index in [-0.39, 0.29) is 0 Å². The van der Waals surface area contributed by atoms with Crippen LogP contribution < -0.4 is 0 Å². The summed E-state index contributed by atoms with van der Waals surface area (Å²) in [7, 11) is 0. The first-order valence-electron chi connectivity index (χ1n) is 7.41. The smallest absolute Gasteiger partial charge is 0.209 e. The van der Waals surface area contributed by atoms with E-state index in [0.717, 1.165) is 25.1 Å². The molecule has 1 aliphatic carbocycles. The second-order valence-corrected chi connectivity index (χ2v) is 6.42. The average molecular weight is 269 g/mol. The largest absolute Gasteiger partial charge is 0.344 e. The first-order chi connectivity index (χ1) is 9.78. The third-order valence-electron chi connectivity index (χ3n) is 5.07. The van der Waals surface area contributed by atoms with Gasteiger partial charge in [-0.1, -0.05) is 6.07 Å². The van der Waals surface area contributed by atoms with Crippen molar-refractivity contribution in [1.29, 1.82) is 0 Å². The highest BCUT2D eigenvalue weighted by atomic mass is 16.1. The number of imidazole rings is 1. The standard InChI is InChI=1S/C16H19N3O/c20-12-18-10-16(11-18)6-4-13(5-7-16)14-9-19-8-2-1-3-15(19)17-14/h1-3,8-9,12-13H,4-7,10-11H2. The fraction of sp³-hybridized carbons (Fsp3) is 0.500. The second-order valence-electron chi connectivity index (χ2n) is 6.42. The van der Waals surface area contributed by atoms with Crippen LogP contribution in [-0.4, -0.2) is 33.8 Å². The fourth-order valence-corrected chi connectivity index (χ4v) is 3.88. The maximum Gasteiger partial charge on any atom is 0.209 e. The van der Waals surface area contributed by atoms with E-state index in [4.69, 9.17) is 4.98 Å². The highest BCUT2D eigenvalue weighted by Gasteiger charge is 2.45. The zero-order valence-electron chi connectivity index (χ0n) is 11.5. The first-order valence-corrected chi connectivity index (χ1v) is 7.41. The molecule has 2 fully saturated rings. The number of amides is 1. The topological polar surface area (TPSA) is 37.6 Å². The van der Waals surface area contributed by atoms with Crippen molar-refractivity contribution < 1.29 is 4.79 Å². The molecule has 0 N–H and O–H groups in total. The summed E-state index contributed by atoms with van der Waals surface area (Å²) in [6.07, 6.45) is 10.1. The number of aromatic nitrogens is 2. The molecule has 20 heavy (non-hydrogen) atoms. The third-order valence-corrected chi connectivity index (χ3v) is 5.07. The lowest BCUT2D eigenvalue weighted by molar-refractivity contribution is -0.131. The number of rotatable bonds is 2. The molecule has 0 unspecified atom stereocenters. The molecule has 2 aromatic rings. The van der Waals surface area contributed by atoms with Gasteiger partial charge in [-0.3, -0.25) is 4.79 Å². The van der Waals surface area contributed by atoms with Crippen LogP contribution in [0.4, 0.5) is 0 Å². The van der Waals surface area contributed by atoms with Crippen LogP contribution in [-0.2, 0) is 4.79 Å². The third kappa shape index (κ3) is 1.82. The summed E-state index contributed by atoms with van der Waals surface area (Å²) in [5.74, 6) is 0.589. The number of nitrogens with zero attached hydrogens (tertiary/aromatic N) is 3. The lowest BCUT2D eigenvalue weighted by Gasteiger charge is -2.52. The SMILES string of the molecule is O=CN1CC2(CCC(c3cn4ccccc4n3)CC2)C1. The predicted octanol–water partition coefficient (Wildman–Crippen LogP) is 2.45. The molecule has 0 atom stereocenters. The molecule has 0 aromatic carbocycles. The van der Waals surface area contributed by atoms with Gasteiger partial charge < -0.3 is 9.30 Å². The molecule has 3 heterocycles. The normalized spacial score (nSPS) is 22.1. The predicted molar refractivity (Wildman–Crippen MR) is 76.5 cm³/mol. The highest BCUT2D eigenvalue weighted by Crippen LogP contribution is 2.47. The number of carbonyl (C=O) groups excluding carboxylic acids is 1. The summed E-state index contributed by atoms with van der Waals surface area (Å²) in [4.78, 5) is 17.4. The Kier molecular flexibility index (Phi) is 2.59. The molecule has 1 saturated heterocycles. The van der Waals surface area contributed by atoms with E-state index in [0.29, 0.717) is 11.3 Å². The highest BCUT2D eigenvalue weighted by molar-refractivity contribution is 5.49.